The lowest BCUT2D eigenvalue weighted by Crippen LogP contribution is -2.48. The summed E-state index contributed by atoms with van der Waals surface area (Å²) >= 11 is 0. The molecular formula is C16H24N4O5. The maximum absolute atomic E-state index is 12.2. The molecule has 2 rings (SSSR count). The Labute approximate surface area is 146 Å². The van der Waals surface area contributed by atoms with Gasteiger partial charge in [0, 0.05) is 25.7 Å². The number of amides is 1. The van der Waals surface area contributed by atoms with Gasteiger partial charge in [-0.15, -0.1) is 0 Å². The molecule has 1 aromatic heterocycles. The van der Waals surface area contributed by atoms with E-state index in [1.807, 2.05) is 4.90 Å². The van der Waals surface area contributed by atoms with E-state index < -0.39 is 22.7 Å². The summed E-state index contributed by atoms with van der Waals surface area (Å²) in [6.45, 7) is 6.93. The number of β-amino-alcohol motifs (C(OH)–C–C–N with tert-alkyl or cyclic N) is 1. The molecule has 1 N–H and O–H groups in total. The second-order valence-corrected chi connectivity index (χ2v) is 7.01. The first kappa shape index (κ1) is 18.9. The van der Waals surface area contributed by atoms with Gasteiger partial charge < -0.3 is 29.8 Å². The summed E-state index contributed by atoms with van der Waals surface area (Å²) in [7, 11) is 0. The second-order valence-electron chi connectivity index (χ2n) is 7.01. The van der Waals surface area contributed by atoms with Gasteiger partial charge in [0.1, 0.15) is 5.60 Å². The third-order valence-electron chi connectivity index (χ3n) is 3.65. The third kappa shape index (κ3) is 5.56. The molecule has 1 aliphatic heterocycles. The number of pyridine rings is 1. The molecule has 2 heterocycles. The van der Waals surface area contributed by atoms with Crippen molar-refractivity contribution in [3.05, 3.63) is 28.4 Å². The normalized spacial score (nSPS) is 19.1. The van der Waals surface area contributed by atoms with Crippen LogP contribution >= 0.6 is 0 Å². The van der Waals surface area contributed by atoms with E-state index in [0.29, 0.717) is 31.7 Å². The van der Waals surface area contributed by atoms with Gasteiger partial charge in [-0.2, -0.15) is 0 Å². The Morgan fingerprint density at radius 1 is 1.36 bits per heavy atom. The zero-order valence-electron chi connectivity index (χ0n) is 14.7. The van der Waals surface area contributed by atoms with Gasteiger partial charge in [-0.3, -0.25) is 0 Å². The summed E-state index contributed by atoms with van der Waals surface area (Å²) in [4.78, 5) is 29.5. The number of aliphatic hydroxyl groups excluding tert-OH is 1. The number of hydrogen-bond acceptors (Lipinski definition) is 7. The van der Waals surface area contributed by atoms with Crippen LogP contribution in [-0.2, 0) is 4.74 Å². The molecule has 1 unspecified atom stereocenters. The van der Waals surface area contributed by atoms with E-state index >= 15 is 0 Å². The average Bonchev–Trinajstić information content (AvgIpc) is 2.48. The molecule has 0 aromatic carbocycles. The Bertz CT molecular complexity index is 614. The fourth-order valence-corrected chi connectivity index (χ4v) is 2.60. The molecule has 0 aliphatic carbocycles. The minimum absolute atomic E-state index is 0.172. The van der Waals surface area contributed by atoms with Crippen molar-refractivity contribution in [2.24, 2.45) is 0 Å². The van der Waals surface area contributed by atoms with Crippen LogP contribution in [0.3, 0.4) is 0 Å². The number of nitro groups is 1. The van der Waals surface area contributed by atoms with Crippen LogP contribution in [0.5, 0.6) is 0 Å². The minimum Gasteiger partial charge on any atom is -0.444 e. The Balaban J connectivity index is 2.00. The molecule has 1 fully saturated rings. The molecule has 25 heavy (non-hydrogen) atoms. The van der Waals surface area contributed by atoms with Gasteiger partial charge in [0.05, 0.1) is 18.3 Å². The number of carbonyl (C=O) groups excluding carboxylic acids is 1. The van der Waals surface area contributed by atoms with Gasteiger partial charge in [-0.05, 0) is 43.2 Å². The van der Waals surface area contributed by atoms with E-state index in [9.17, 15) is 20.0 Å². The smallest absolute Gasteiger partial charge is 0.410 e. The lowest BCUT2D eigenvalue weighted by atomic mass is 10.2. The monoisotopic (exact) mass is 352 g/mol. The molecule has 0 saturated carbocycles. The van der Waals surface area contributed by atoms with Crippen LogP contribution < -0.4 is 4.90 Å². The van der Waals surface area contributed by atoms with Crippen LogP contribution in [0.25, 0.3) is 0 Å². The Morgan fingerprint density at radius 2 is 2.08 bits per heavy atom. The number of aliphatic hydroxyl groups is 1. The van der Waals surface area contributed by atoms with Crippen molar-refractivity contribution >= 4 is 17.6 Å². The van der Waals surface area contributed by atoms with E-state index in [2.05, 4.69) is 4.98 Å². The SMILES string of the molecule is CC(C)(C)OC(=O)N1CCCN(c2ccc([N+](=O)[O-])nc2)CC(O)C1. The number of nitrogens with zero attached hydrogens (tertiary/aromatic N) is 4. The highest BCUT2D eigenvalue weighted by molar-refractivity contribution is 5.68. The number of rotatable bonds is 2. The van der Waals surface area contributed by atoms with Gasteiger partial charge in [0.2, 0.25) is 0 Å². The summed E-state index contributed by atoms with van der Waals surface area (Å²) < 4.78 is 5.36. The Hall–Kier alpha value is -2.42. The highest BCUT2D eigenvalue weighted by Gasteiger charge is 2.27. The number of anilines is 1. The summed E-state index contributed by atoms with van der Waals surface area (Å²) in [5.41, 5.74) is 0.122. The van der Waals surface area contributed by atoms with Gasteiger partial charge in [-0.1, -0.05) is 0 Å². The van der Waals surface area contributed by atoms with Crippen LogP contribution in [0.1, 0.15) is 27.2 Å². The van der Waals surface area contributed by atoms with E-state index in [0.717, 1.165) is 0 Å². The first-order chi connectivity index (χ1) is 11.7. The van der Waals surface area contributed by atoms with Gasteiger partial charge >= 0.3 is 11.9 Å². The summed E-state index contributed by atoms with van der Waals surface area (Å²) in [6.07, 6.45) is 0.918. The maximum Gasteiger partial charge on any atom is 0.410 e. The van der Waals surface area contributed by atoms with Crippen LogP contribution in [0.4, 0.5) is 16.3 Å². The van der Waals surface area contributed by atoms with Crippen LogP contribution in [0.15, 0.2) is 18.3 Å². The van der Waals surface area contributed by atoms with Gasteiger partial charge in [-0.25, -0.2) is 4.79 Å². The molecule has 9 heteroatoms. The molecule has 138 valence electrons. The Morgan fingerprint density at radius 3 is 2.64 bits per heavy atom. The molecular weight excluding hydrogens is 328 g/mol. The zero-order valence-corrected chi connectivity index (χ0v) is 14.7. The molecule has 1 atom stereocenters. The molecule has 1 amide bonds. The van der Waals surface area contributed by atoms with Crippen molar-refractivity contribution in [3.8, 4) is 0 Å². The van der Waals surface area contributed by atoms with Crippen molar-refractivity contribution in [1.29, 1.82) is 0 Å². The molecule has 0 spiro atoms. The quantitative estimate of drug-likeness (QED) is 0.638. The highest BCUT2D eigenvalue weighted by Crippen LogP contribution is 2.19. The lowest BCUT2D eigenvalue weighted by molar-refractivity contribution is -0.389. The fourth-order valence-electron chi connectivity index (χ4n) is 2.60. The van der Waals surface area contributed by atoms with Crippen molar-refractivity contribution in [1.82, 2.24) is 9.88 Å². The fraction of sp³-hybridized carbons (Fsp3) is 0.625. The lowest BCUT2D eigenvalue weighted by Gasteiger charge is -2.34. The number of ether oxygens (including phenoxy) is 1. The first-order valence-corrected chi connectivity index (χ1v) is 8.17. The predicted octanol–water partition coefficient (Wildman–Crippen LogP) is 1.80. The topological polar surface area (TPSA) is 109 Å². The second kappa shape index (κ2) is 7.64. The van der Waals surface area contributed by atoms with E-state index in [4.69, 9.17) is 4.74 Å². The van der Waals surface area contributed by atoms with Crippen molar-refractivity contribution in [2.45, 2.75) is 38.9 Å². The van der Waals surface area contributed by atoms with E-state index in [-0.39, 0.29) is 12.4 Å². The van der Waals surface area contributed by atoms with Crippen LogP contribution in [0.2, 0.25) is 0 Å². The maximum atomic E-state index is 12.2. The van der Waals surface area contributed by atoms with E-state index in [1.54, 1.807) is 26.8 Å². The van der Waals surface area contributed by atoms with Crippen molar-refractivity contribution in [3.63, 3.8) is 0 Å². The molecule has 9 nitrogen and oxygen atoms in total. The van der Waals surface area contributed by atoms with E-state index in [1.165, 1.54) is 17.2 Å². The molecule has 0 radical (unpaired) electrons. The molecule has 1 saturated heterocycles. The van der Waals surface area contributed by atoms with Crippen molar-refractivity contribution in [2.75, 3.05) is 31.1 Å². The minimum atomic E-state index is -0.761. The van der Waals surface area contributed by atoms with Gasteiger partial charge in [0.15, 0.2) is 6.20 Å². The largest absolute Gasteiger partial charge is 0.444 e. The van der Waals surface area contributed by atoms with Crippen LogP contribution in [0, 0.1) is 10.1 Å². The Kier molecular flexibility index (Phi) is 5.78. The third-order valence-corrected chi connectivity index (χ3v) is 3.65. The number of aromatic nitrogens is 1. The average molecular weight is 352 g/mol. The summed E-state index contributed by atoms with van der Waals surface area (Å²) in [5, 5.41) is 21.0. The number of hydrogen-bond donors (Lipinski definition) is 1. The number of carbonyl (C=O) groups is 1. The van der Waals surface area contributed by atoms with Gasteiger partial charge in [0.25, 0.3) is 0 Å². The predicted molar refractivity (Wildman–Crippen MR) is 91.5 cm³/mol. The molecule has 0 bridgehead atoms. The molecule has 1 aliphatic rings. The summed E-state index contributed by atoms with van der Waals surface area (Å²) in [6, 6.07) is 2.96. The highest BCUT2D eigenvalue weighted by atomic mass is 16.6. The first-order valence-electron chi connectivity index (χ1n) is 8.17. The van der Waals surface area contributed by atoms with Crippen molar-refractivity contribution < 1.29 is 19.6 Å². The standard InChI is InChI=1S/C16H24N4O5/c1-16(2,3)25-15(22)19-8-4-7-18(10-13(21)11-19)12-5-6-14(17-9-12)20(23)24/h5-6,9,13,21H,4,7-8,10-11H2,1-3H3. The summed E-state index contributed by atoms with van der Waals surface area (Å²) in [5.74, 6) is -0.215. The zero-order chi connectivity index (χ0) is 18.6. The molecule has 1 aromatic rings. The van der Waals surface area contributed by atoms with Crippen LogP contribution in [-0.4, -0.2) is 63.9 Å².